The van der Waals surface area contributed by atoms with Crippen molar-refractivity contribution in [2.45, 2.75) is 27.0 Å². The summed E-state index contributed by atoms with van der Waals surface area (Å²) in [6.45, 7) is 0.927. The quantitative estimate of drug-likeness (QED) is 0.819. The molecule has 0 aliphatic heterocycles. The predicted octanol–water partition coefficient (Wildman–Crippen LogP) is 4.60. The number of nitrogens with one attached hydrogen (secondary N) is 1. The zero-order valence-corrected chi connectivity index (χ0v) is 14.3. The Morgan fingerprint density at radius 3 is 2.65 bits per heavy atom. The molecular weight excluding hydrogens is 368 g/mol. The van der Waals surface area contributed by atoms with Crippen molar-refractivity contribution >= 4 is 21.8 Å². The number of hydrogen-bond acceptors (Lipinski definition) is 2. The van der Waals surface area contributed by atoms with Gasteiger partial charge < -0.3 is 10.1 Å². The zero-order valence-electron chi connectivity index (χ0n) is 12.7. The van der Waals surface area contributed by atoms with Gasteiger partial charge in [-0.05, 0) is 43.7 Å². The van der Waals surface area contributed by atoms with Crippen LogP contribution >= 0.6 is 15.9 Å². The molecule has 0 radical (unpaired) electrons. The molecular formula is C17H16BrF2NO2. The molecule has 0 aliphatic rings. The van der Waals surface area contributed by atoms with Crippen molar-refractivity contribution in [1.29, 1.82) is 0 Å². The molecule has 2 aromatic rings. The molecule has 0 aliphatic carbocycles. The van der Waals surface area contributed by atoms with E-state index in [-0.39, 0.29) is 18.2 Å². The molecule has 0 bridgehead atoms. The molecule has 6 heteroatoms. The van der Waals surface area contributed by atoms with Gasteiger partial charge in [0.05, 0.1) is 0 Å². The van der Waals surface area contributed by atoms with Crippen LogP contribution in [0.3, 0.4) is 0 Å². The maximum absolute atomic E-state index is 12.4. The first-order valence-corrected chi connectivity index (χ1v) is 7.75. The summed E-state index contributed by atoms with van der Waals surface area (Å²) in [7, 11) is 0. The number of benzene rings is 2. The van der Waals surface area contributed by atoms with E-state index in [1.54, 1.807) is 18.2 Å². The SMILES string of the molecule is Cc1ccc(C)c(C(=O)NCc2cc(Br)ccc2OC(F)F)c1. The lowest BCUT2D eigenvalue weighted by Gasteiger charge is -2.13. The summed E-state index contributed by atoms with van der Waals surface area (Å²) < 4.78 is 30.1. The van der Waals surface area contributed by atoms with Crippen molar-refractivity contribution in [3.63, 3.8) is 0 Å². The van der Waals surface area contributed by atoms with Crippen molar-refractivity contribution in [1.82, 2.24) is 5.32 Å². The second-order valence-corrected chi connectivity index (χ2v) is 6.05. The molecule has 0 heterocycles. The third-order valence-electron chi connectivity index (χ3n) is 3.32. The zero-order chi connectivity index (χ0) is 17.0. The lowest BCUT2D eigenvalue weighted by molar-refractivity contribution is -0.0504. The molecule has 1 amide bonds. The average molecular weight is 384 g/mol. The van der Waals surface area contributed by atoms with E-state index in [2.05, 4.69) is 26.0 Å². The highest BCUT2D eigenvalue weighted by Crippen LogP contribution is 2.25. The highest BCUT2D eigenvalue weighted by molar-refractivity contribution is 9.10. The Morgan fingerprint density at radius 2 is 1.96 bits per heavy atom. The number of rotatable bonds is 5. The minimum absolute atomic E-state index is 0.0458. The van der Waals surface area contributed by atoms with Crippen molar-refractivity contribution in [3.05, 3.63) is 63.1 Å². The van der Waals surface area contributed by atoms with Gasteiger partial charge in [-0.1, -0.05) is 33.6 Å². The predicted molar refractivity (Wildman–Crippen MR) is 87.9 cm³/mol. The van der Waals surface area contributed by atoms with Gasteiger partial charge in [0.2, 0.25) is 0 Å². The Kier molecular flexibility index (Phi) is 5.71. The fraction of sp³-hybridized carbons (Fsp3) is 0.235. The standard InChI is InChI=1S/C17H16BrF2NO2/c1-10-3-4-11(2)14(7-10)16(22)21-9-12-8-13(18)5-6-15(12)23-17(19)20/h3-8,17H,9H2,1-2H3,(H,21,22). The molecule has 0 aromatic heterocycles. The first-order chi connectivity index (χ1) is 10.9. The molecule has 0 unspecified atom stereocenters. The van der Waals surface area contributed by atoms with Crippen molar-refractivity contribution in [3.8, 4) is 5.75 Å². The van der Waals surface area contributed by atoms with Crippen LogP contribution in [0.25, 0.3) is 0 Å². The number of carbonyl (C=O) groups is 1. The van der Waals surface area contributed by atoms with Crippen LogP contribution in [0, 0.1) is 13.8 Å². The minimum Gasteiger partial charge on any atom is -0.434 e. The monoisotopic (exact) mass is 383 g/mol. The lowest BCUT2D eigenvalue weighted by atomic mass is 10.0. The normalized spacial score (nSPS) is 10.7. The Morgan fingerprint density at radius 1 is 1.22 bits per heavy atom. The number of aryl methyl sites for hydroxylation is 2. The topological polar surface area (TPSA) is 38.3 Å². The minimum atomic E-state index is -2.91. The van der Waals surface area contributed by atoms with E-state index in [0.29, 0.717) is 11.1 Å². The molecule has 0 saturated carbocycles. The summed E-state index contributed by atoms with van der Waals surface area (Å²) in [5.74, 6) is -0.210. The lowest BCUT2D eigenvalue weighted by Crippen LogP contribution is -2.24. The maximum Gasteiger partial charge on any atom is 0.387 e. The average Bonchev–Trinajstić information content (AvgIpc) is 2.49. The first kappa shape index (κ1) is 17.4. The fourth-order valence-electron chi connectivity index (χ4n) is 2.15. The van der Waals surface area contributed by atoms with Crippen LogP contribution in [0.15, 0.2) is 40.9 Å². The summed E-state index contributed by atoms with van der Waals surface area (Å²) in [6.07, 6.45) is 0. The second-order valence-electron chi connectivity index (χ2n) is 5.13. The number of halogens is 3. The molecule has 0 spiro atoms. The van der Waals surface area contributed by atoms with Crippen molar-refractivity contribution < 1.29 is 18.3 Å². The molecule has 3 nitrogen and oxygen atoms in total. The van der Waals surface area contributed by atoms with Gasteiger partial charge in [-0.25, -0.2) is 0 Å². The Labute approximate surface area is 141 Å². The van der Waals surface area contributed by atoms with Crippen LogP contribution in [-0.4, -0.2) is 12.5 Å². The molecule has 0 atom stereocenters. The smallest absolute Gasteiger partial charge is 0.387 e. The van der Waals surface area contributed by atoms with E-state index in [1.165, 1.54) is 6.07 Å². The summed E-state index contributed by atoms with van der Waals surface area (Å²) in [5, 5.41) is 2.74. The van der Waals surface area contributed by atoms with Gasteiger partial charge in [0.15, 0.2) is 0 Å². The van der Waals surface area contributed by atoms with Crippen LogP contribution < -0.4 is 10.1 Å². The molecule has 1 N–H and O–H groups in total. The molecule has 2 rings (SSSR count). The van der Waals surface area contributed by atoms with Gasteiger partial charge in [-0.2, -0.15) is 8.78 Å². The maximum atomic E-state index is 12.4. The van der Waals surface area contributed by atoms with Crippen LogP contribution in [-0.2, 0) is 6.54 Å². The second kappa shape index (κ2) is 7.55. The van der Waals surface area contributed by atoms with Gasteiger partial charge in [-0.3, -0.25) is 4.79 Å². The Hall–Kier alpha value is -1.95. The van der Waals surface area contributed by atoms with Gasteiger partial charge in [-0.15, -0.1) is 0 Å². The number of hydrogen-bond donors (Lipinski definition) is 1. The van der Waals surface area contributed by atoms with E-state index in [1.807, 2.05) is 26.0 Å². The third kappa shape index (κ3) is 4.76. The van der Waals surface area contributed by atoms with Crippen LogP contribution in [0.1, 0.15) is 27.0 Å². The summed E-state index contributed by atoms with van der Waals surface area (Å²) >= 11 is 3.28. The van der Waals surface area contributed by atoms with E-state index in [4.69, 9.17) is 0 Å². The highest BCUT2D eigenvalue weighted by atomic mass is 79.9. The molecule has 0 fully saturated rings. The molecule has 0 saturated heterocycles. The van der Waals surface area contributed by atoms with E-state index < -0.39 is 6.61 Å². The summed E-state index contributed by atoms with van der Waals surface area (Å²) in [4.78, 5) is 12.3. The van der Waals surface area contributed by atoms with E-state index in [9.17, 15) is 13.6 Å². The van der Waals surface area contributed by atoms with E-state index in [0.717, 1.165) is 15.6 Å². The third-order valence-corrected chi connectivity index (χ3v) is 3.81. The van der Waals surface area contributed by atoms with Crippen molar-refractivity contribution in [2.24, 2.45) is 0 Å². The van der Waals surface area contributed by atoms with Crippen LogP contribution in [0.4, 0.5) is 8.78 Å². The van der Waals surface area contributed by atoms with Crippen LogP contribution in [0.2, 0.25) is 0 Å². The Bertz CT molecular complexity index is 720. The van der Waals surface area contributed by atoms with E-state index >= 15 is 0 Å². The highest BCUT2D eigenvalue weighted by Gasteiger charge is 2.13. The fourth-order valence-corrected chi connectivity index (χ4v) is 2.56. The number of amides is 1. The van der Waals surface area contributed by atoms with Gasteiger partial charge in [0.1, 0.15) is 5.75 Å². The molecule has 122 valence electrons. The van der Waals surface area contributed by atoms with Gasteiger partial charge in [0.25, 0.3) is 5.91 Å². The summed E-state index contributed by atoms with van der Waals surface area (Å²) in [6, 6.07) is 10.3. The molecule has 2 aromatic carbocycles. The number of carbonyl (C=O) groups excluding carboxylic acids is 1. The summed E-state index contributed by atoms with van der Waals surface area (Å²) in [5.41, 5.74) is 2.87. The number of alkyl halides is 2. The van der Waals surface area contributed by atoms with Gasteiger partial charge in [0, 0.05) is 22.1 Å². The first-order valence-electron chi connectivity index (χ1n) is 6.95. The Balaban J connectivity index is 2.15. The van der Waals surface area contributed by atoms with Crippen LogP contribution in [0.5, 0.6) is 5.75 Å². The molecule has 23 heavy (non-hydrogen) atoms. The van der Waals surface area contributed by atoms with Gasteiger partial charge >= 0.3 is 6.61 Å². The van der Waals surface area contributed by atoms with Crippen molar-refractivity contribution in [2.75, 3.05) is 0 Å². The number of ether oxygens (including phenoxy) is 1. The largest absolute Gasteiger partial charge is 0.434 e.